The van der Waals surface area contributed by atoms with Crippen LogP contribution in [0.3, 0.4) is 0 Å². The molecule has 0 saturated carbocycles. The van der Waals surface area contributed by atoms with Crippen LogP contribution in [-0.2, 0) is 9.22 Å². The van der Waals surface area contributed by atoms with Gasteiger partial charge in [-0.2, -0.15) is 0 Å². The third kappa shape index (κ3) is 3.38. The standard InChI is InChI=1S/C12H21NO2Si/c1-12(2,3)16(4,5)15-9-10-6-7-11(14)8-13-10/h6-7H,8-9H2,1-5H3. The highest BCUT2D eigenvalue weighted by molar-refractivity contribution is 6.74. The molecule has 0 unspecified atom stereocenters. The van der Waals surface area contributed by atoms with E-state index in [1.807, 2.05) is 0 Å². The van der Waals surface area contributed by atoms with Crippen LogP contribution < -0.4 is 0 Å². The lowest BCUT2D eigenvalue weighted by atomic mass is 10.2. The van der Waals surface area contributed by atoms with Crippen molar-refractivity contribution in [2.75, 3.05) is 13.2 Å². The highest BCUT2D eigenvalue weighted by atomic mass is 28.4. The van der Waals surface area contributed by atoms with Gasteiger partial charge in [0.1, 0.15) is 6.54 Å². The molecule has 1 aliphatic rings. The molecule has 0 aromatic rings. The lowest BCUT2D eigenvalue weighted by molar-refractivity contribution is -0.113. The number of nitrogens with zero attached hydrogens (tertiary/aromatic N) is 1. The number of carbonyl (C=O) groups is 1. The van der Waals surface area contributed by atoms with Crippen LogP contribution in [0, 0.1) is 0 Å². The van der Waals surface area contributed by atoms with Gasteiger partial charge in [0.05, 0.1) is 12.3 Å². The topological polar surface area (TPSA) is 38.7 Å². The quantitative estimate of drug-likeness (QED) is 0.710. The minimum atomic E-state index is -1.71. The summed E-state index contributed by atoms with van der Waals surface area (Å²) in [5.74, 6) is 0.0658. The molecule has 0 atom stereocenters. The molecular weight excluding hydrogens is 218 g/mol. The summed E-state index contributed by atoms with van der Waals surface area (Å²) in [5.41, 5.74) is 0.879. The Balaban J connectivity index is 2.53. The molecule has 0 amide bonds. The molecule has 0 N–H and O–H groups in total. The van der Waals surface area contributed by atoms with Crippen molar-refractivity contribution in [1.29, 1.82) is 0 Å². The molecule has 90 valence electrons. The summed E-state index contributed by atoms with van der Waals surface area (Å²) in [6.45, 7) is 11.9. The van der Waals surface area contributed by atoms with Crippen LogP contribution in [0.4, 0.5) is 0 Å². The zero-order valence-corrected chi connectivity index (χ0v) is 11.8. The van der Waals surface area contributed by atoms with Crippen molar-refractivity contribution in [2.45, 2.75) is 38.9 Å². The van der Waals surface area contributed by atoms with Crippen LogP contribution in [0.5, 0.6) is 0 Å². The van der Waals surface area contributed by atoms with Crippen LogP contribution in [0.2, 0.25) is 18.1 Å². The highest BCUT2D eigenvalue weighted by Crippen LogP contribution is 2.36. The van der Waals surface area contributed by atoms with E-state index in [4.69, 9.17) is 4.43 Å². The van der Waals surface area contributed by atoms with Gasteiger partial charge in [0.2, 0.25) is 0 Å². The lowest BCUT2D eigenvalue weighted by Crippen LogP contribution is -2.42. The first-order valence-electron chi connectivity index (χ1n) is 5.60. The van der Waals surface area contributed by atoms with Gasteiger partial charge in [0.25, 0.3) is 0 Å². The summed E-state index contributed by atoms with van der Waals surface area (Å²) in [4.78, 5) is 15.1. The van der Waals surface area contributed by atoms with Crippen LogP contribution in [-0.4, -0.2) is 33.0 Å². The van der Waals surface area contributed by atoms with Crippen molar-refractivity contribution in [3.05, 3.63) is 12.2 Å². The number of carbonyl (C=O) groups excluding carboxylic acids is 1. The van der Waals surface area contributed by atoms with Crippen LogP contribution in [0.25, 0.3) is 0 Å². The fourth-order valence-electron chi connectivity index (χ4n) is 1.04. The normalized spacial score (nSPS) is 17.6. The van der Waals surface area contributed by atoms with Gasteiger partial charge >= 0.3 is 0 Å². The number of hydrogen-bond acceptors (Lipinski definition) is 3. The number of ketones is 1. The van der Waals surface area contributed by atoms with Gasteiger partial charge in [-0.05, 0) is 30.3 Å². The molecule has 0 spiro atoms. The molecule has 16 heavy (non-hydrogen) atoms. The SMILES string of the molecule is CC(C)(C)[Si](C)(C)OCC1=NCC(=O)C=C1. The van der Waals surface area contributed by atoms with E-state index in [0.29, 0.717) is 6.61 Å². The van der Waals surface area contributed by atoms with Gasteiger partial charge in [-0.25, -0.2) is 0 Å². The number of rotatable bonds is 3. The Hall–Kier alpha value is -0.743. The number of hydrogen-bond donors (Lipinski definition) is 0. The fourth-order valence-corrected chi connectivity index (χ4v) is 1.98. The second kappa shape index (κ2) is 4.63. The van der Waals surface area contributed by atoms with Crippen molar-refractivity contribution in [1.82, 2.24) is 0 Å². The van der Waals surface area contributed by atoms with E-state index < -0.39 is 8.32 Å². The summed E-state index contributed by atoms with van der Waals surface area (Å²) in [5, 5.41) is 0.210. The smallest absolute Gasteiger partial charge is 0.192 e. The summed E-state index contributed by atoms with van der Waals surface area (Å²) >= 11 is 0. The Morgan fingerprint density at radius 1 is 1.38 bits per heavy atom. The first-order chi connectivity index (χ1) is 7.22. The van der Waals surface area contributed by atoms with Gasteiger partial charge in [-0.15, -0.1) is 0 Å². The van der Waals surface area contributed by atoms with Crippen molar-refractivity contribution in [2.24, 2.45) is 4.99 Å². The minimum Gasteiger partial charge on any atom is -0.411 e. The first kappa shape index (κ1) is 13.3. The molecular formula is C12H21NO2Si. The fraction of sp³-hybridized carbons (Fsp3) is 0.667. The van der Waals surface area contributed by atoms with Crippen LogP contribution in [0.1, 0.15) is 20.8 Å². The van der Waals surface area contributed by atoms with E-state index >= 15 is 0 Å². The minimum absolute atomic E-state index is 0.0658. The molecule has 0 fully saturated rings. The zero-order valence-electron chi connectivity index (χ0n) is 10.8. The molecule has 1 heterocycles. The van der Waals surface area contributed by atoms with E-state index in [1.165, 1.54) is 0 Å². The molecule has 1 aliphatic heterocycles. The Kier molecular flexibility index (Phi) is 3.86. The van der Waals surface area contributed by atoms with Crippen LogP contribution in [0.15, 0.2) is 17.1 Å². The largest absolute Gasteiger partial charge is 0.411 e. The Morgan fingerprint density at radius 3 is 2.44 bits per heavy atom. The van der Waals surface area contributed by atoms with Gasteiger partial charge in [-0.3, -0.25) is 9.79 Å². The molecule has 0 aliphatic carbocycles. The monoisotopic (exact) mass is 239 g/mol. The van der Waals surface area contributed by atoms with Gasteiger partial charge in [0, 0.05) is 0 Å². The van der Waals surface area contributed by atoms with E-state index in [1.54, 1.807) is 12.2 Å². The van der Waals surface area contributed by atoms with E-state index in [0.717, 1.165) is 5.71 Å². The maximum Gasteiger partial charge on any atom is 0.192 e. The first-order valence-corrected chi connectivity index (χ1v) is 8.51. The average Bonchev–Trinajstić information content (AvgIpc) is 2.15. The van der Waals surface area contributed by atoms with Crippen LogP contribution >= 0.6 is 0 Å². The van der Waals surface area contributed by atoms with E-state index in [2.05, 4.69) is 38.9 Å². The molecule has 4 heteroatoms. The Bertz CT molecular complexity index is 337. The Labute approximate surface area is 98.7 Å². The number of aliphatic imine (C=N–C) groups is 1. The third-order valence-corrected chi connectivity index (χ3v) is 7.77. The van der Waals surface area contributed by atoms with E-state index in [-0.39, 0.29) is 17.4 Å². The predicted molar refractivity (Wildman–Crippen MR) is 69.6 cm³/mol. The maximum atomic E-state index is 10.9. The second-order valence-corrected chi connectivity index (χ2v) is 10.5. The van der Waals surface area contributed by atoms with E-state index in [9.17, 15) is 4.79 Å². The molecule has 0 aromatic carbocycles. The summed E-state index contributed by atoms with van der Waals surface area (Å²) in [7, 11) is -1.71. The van der Waals surface area contributed by atoms with Gasteiger partial charge < -0.3 is 4.43 Å². The number of dihydropyridines is 1. The molecule has 0 bridgehead atoms. The van der Waals surface area contributed by atoms with Crippen molar-refractivity contribution < 1.29 is 9.22 Å². The summed E-state index contributed by atoms with van der Waals surface area (Å²) in [6.07, 6.45) is 3.34. The van der Waals surface area contributed by atoms with Crippen molar-refractivity contribution in [3.63, 3.8) is 0 Å². The molecule has 0 radical (unpaired) electrons. The maximum absolute atomic E-state index is 10.9. The summed E-state index contributed by atoms with van der Waals surface area (Å²) < 4.78 is 6.01. The van der Waals surface area contributed by atoms with Crippen molar-refractivity contribution >= 4 is 19.8 Å². The van der Waals surface area contributed by atoms with Gasteiger partial charge in [-0.1, -0.05) is 20.8 Å². The lowest BCUT2D eigenvalue weighted by Gasteiger charge is -2.36. The second-order valence-electron chi connectivity index (χ2n) is 5.66. The average molecular weight is 239 g/mol. The third-order valence-electron chi connectivity index (χ3n) is 3.29. The van der Waals surface area contributed by atoms with Gasteiger partial charge in [0.15, 0.2) is 14.1 Å². The molecule has 0 aromatic heterocycles. The molecule has 0 saturated heterocycles. The molecule has 3 nitrogen and oxygen atoms in total. The Morgan fingerprint density at radius 2 is 2.00 bits per heavy atom. The predicted octanol–water partition coefficient (Wildman–Crippen LogP) is 2.59. The zero-order chi connectivity index (χ0) is 12.4. The summed E-state index contributed by atoms with van der Waals surface area (Å²) in [6, 6.07) is 0. The highest BCUT2D eigenvalue weighted by Gasteiger charge is 2.37. The molecule has 1 rings (SSSR count). The van der Waals surface area contributed by atoms with Crippen molar-refractivity contribution in [3.8, 4) is 0 Å².